The molecule has 0 saturated carbocycles. The van der Waals surface area contributed by atoms with Gasteiger partial charge in [-0.15, -0.1) is 0 Å². The first-order valence-corrected chi connectivity index (χ1v) is 11.6. The molecule has 3 rings (SSSR count). The Morgan fingerprint density at radius 3 is 2.03 bits per heavy atom. The molecule has 5 nitrogen and oxygen atoms in total. The van der Waals surface area contributed by atoms with Crippen LogP contribution in [0.5, 0.6) is 0 Å². The lowest BCUT2D eigenvalue weighted by molar-refractivity contribution is 0.0697. The Bertz CT molecular complexity index is 955. The van der Waals surface area contributed by atoms with Gasteiger partial charge in [0.15, 0.2) is 0 Å². The minimum atomic E-state index is -3.54. The van der Waals surface area contributed by atoms with Crippen molar-refractivity contribution in [3.8, 4) is 0 Å². The lowest BCUT2D eigenvalue weighted by Crippen LogP contribution is -2.50. The molecule has 0 aromatic heterocycles. The summed E-state index contributed by atoms with van der Waals surface area (Å²) in [5.74, 6) is 0.373. The molecule has 1 atom stereocenters. The summed E-state index contributed by atoms with van der Waals surface area (Å²) in [6.45, 7) is 9.62. The van der Waals surface area contributed by atoms with E-state index in [2.05, 4.69) is 13.8 Å². The van der Waals surface area contributed by atoms with Crippen LogP contribution in [0.4, 0.5) is 0 Å². The highest BCUT2D eigenvalue weighted by Gasteiger charge is 2.30. The molecule has 1 fully saturated rings. The van der Waals surface area contributed by atoms with Crippen molar-refractivity contribution in [2.45, 2.75) is 44.9 Å². The van der Waals surface area contributed by atoms with Gasteiger partial charge in [-0.2, -0.15) is 4.31 Å². The maximum Gasteiger partial charge on any atom is 0.253 e. The van der Waals surface area contributed by atoms with Crippen molar-refractivity contribution >= 4 is 15.9 Å². The van der Waals surface area contributed by atoms with Gasteiger partial charge < -0.3 is 4.90 Å². The van der Waals surface area contributed by atoms with Crippen molar-refractivity contribution in [3.63, 3.8) is 0 Å². The van der Waals surface area contributed by atoms with E-state index in [1.165, 1.54) is 4.31 Å². The molecule has 6 heteroatoms. The van der Waals surface area contributed by atoms with E-state index in [9.17, 15) is 13.2 Å². The molecule has 2 aromatic carbocycles. The molecule has 0 spiro atoms. The summed E-state index contributed by atoms with van der Waals surface area (Å²) < 4.78 is 27.5. The third kappa shape index (κ3) is 4.70. The SMILES string of the molecule is CC[C@@H](C)c1ccc(S(=O)(=O)N2CCN(C(=O)c3cc(C)cc(C)c3)CC2)cc1. The third-order valence-electron chi connectivity index (χ3n) is 5.69. The van der Waals surface area contributed by atoms with Crippen LogP contribution in [-0.4, -0.2) is 49.7 Å². The van der Waals surface area contributed by atoms with E-state index in [0.29, 0.717) is 42.6 Å². The fourth-order valence-corrected chi connectivity index (χ4v) is 5.19. The van der Waals surface area contributed by atoms with Gasteiger partial charge in [0.05, 0.1) is 4.90 Å². The third-order valence-corrected chi connectivity index (χ3v) is 7.61. The quantitative estimate of drug-likeness (QED) is 0.744. The van der Waals surface area contributed by atoms with Crippen molar-refractivity contribution in [2.75, 3.05) is 26.2 Å². The molecule has 2 aromatic rings. The molecule has 1 heterocycles. The van der Waals surface area contributed by atoms with Crippen LogP contribution in [0.2, 0.25) is 0 Å². The van der Waals surface area contributed by atoms with Gasteiger partial charge in [0, 0.05) is 31.7 Å². The van der Waals surface area contributed by atoms with Crippen LogP contribution in [0.15, 0.2) is 47.4 Å². The lowest BCUT2D eigenvalue weighted by Gasteiger charge is -2.34. The number of rotatable bonds is 5. The summed E-state index contributed by atoms with van der Waals surface area (Å²) in [5, 5.41) is 0. The highest BCUT2D eigenvalue weighted by Crippen LogP contribution is 2.23. The Labute approximate surface area is 174 Å². The minimum absolute atomic E-state index is 0.0354. The summed E-state index contributed by atoms with van der Waals surface area (Å²) in [4.78, 5) is 14.9. The first-order chi connectivity index (χ1) is 13.7. The van der Waals surface area contributed by atoms with Crippen LogP contribution in [0, 0.1) is 13.8 Å². The van der Waals surface area contributed by atoms with Gasteiger partial charge in [0.2, 0.25) is 10.0 Å². The van der Waals surface area contributed by atoms with E-state index in [1.54, 1.807) is 17.0 Å². The monoisotopic (exact) mass is 414 g/mol. The molecular weight excluding hydrogens is 384 g/mol. The molecule has 0 unspecified atom stereocenters. The topological polar surface area (TPSA) is 57.7 Å². The Morgan fingerprint density at radius 1 is 0.966 bits per heavy atom. The number of amides is 1. The average molecular weight is 415 g/mol. The average Bonchev–Trinajstić information content (AvgIpc) is 2.72. The Balaban J connectivity index is 1.68. The highest BCUT2D eigenvalue weighted by atomic mass is 32.2. The smallest absolute Gasteiger partial charge is 0.253 e. The van der Waals surface area contributed by atoms with Crippen molar-refractivity contribution < 1.29 is 13.2 Å². The molecule has 1 saturated heterocycles. The maximum atomic E-state index is 13.0. The summed E-state index contributed by atoms with van der Waals surface area (Å²) in [7, 11) is -3.54. The molecule has 0 radical (unpaired) electrons. The molecular formula is C23H30N2O3S. The minimum Gasteiger partial charge on any atom is -0.336 e. The zero-order valence-corrected chi connectivity index (χ0v) is 18.5. The fourth-order valence-electron chi connectivity index (χ4n) is 3.77. The second-order valence-electron chi connectivity index (χ2n) is 7.95. The zero-order valence-electron chi connectivity index (χ0n) is 17.7. The van der Waals surface area contributed by atoms with Crippen LogP contribution < -0.4 is 0 Å². The second-order valence-corrected chi connectivity index (χ2v) is 9.89. The molecule has 29 heavy (non-hydrogen) atoms. The standard InChI is InChI=1S/C23H30N2O3S/c1-5-19(4)20-6-8-22(9-7-20)29(27,28)25-12-10-24(11-13-25)23(26)21-15-17(2)14-18(3)16-21/h6-9,14-16,19H,5,10-13H2,1-4H3/t19-/m1/s1. The summed E-state index contributed by atoms with van der Waals surface area (Å²) in [6.07, 6.45) is 1.02. The number of carbonyl (C=O) groups is 1. The number of aryl methyl sites for hydroxylation is 2. The van der Waals surface area contributed by atoms with Crippen molar-refractivity contribution in [3.05, 3.63) is 64.7 Å². The first kappa shape index (κ1) is 21.5. The van der Waals surface area contributed by atoms with Crippen molar-refractivity contribution in [1.82, 2.24) is 9.21 Å². The maximum absolute atomic E-state index is 13.0. The Morgan fingerprint density at radius 2 is 1.52 bits per heavy atom. The van der Waals surface area contributed by atoms with Crippen molar-refractivity contribution in [1.29, 1.82) is 0 Å². The van der Waals surface area contributed by atoms with E-state index in [-0.39, 0.29) is 5.91 Å². The Hall–Kier alpha value is -2.18. The second kappa shape index (κ2) is 8.67. The molecule has 0 aliphatic carbocycles. The van der Waals surface area contributed by atoms with Gasteiger partial charge in [0.25, 0.3) is 5.91 Å². The van der Waals surface area contributed by atoms with Gasteiger partial charge in [-0.1, -0.05) is 43.2 Å². The normalized spacial score (nSPS) is 16.6. The largest absolute Gasteiger partial charge is 0.336 e. The zero-order chi connectivity index (χ0) is 21.2. The molecule has 1 amide bonds. The van der Waals surface area contributed by atoms with Crippen LogP contribution in [0.1, 0.15) is 53.2 Å². The number of benzene rings is 2. The van der Waals surface area contributed by atoms with E-state index >= 15 is 0 Å². The van der Waals surface area contributed by atoms with E-state index < -0.39 is 10.0 Å². The molecule has 0 bridgehead atoms. The number of carbonyl (C=O) groups excluding carboxylic acids is 1. The first-order valence-electron chi connectivity index (χ1n) is 10.2. The van der Waals surface area contributed by atoms with Crippen LogP contribution in [0.3, 0.4) is 0 Å². The van der Waals surface area contributed by atoms with E-state index in [1.807, 2.05) is 44.2 Å². The van der Waals surface area contributed by atoms with Crippen LogP contribution in [0.25, 0.3) is 0 Å². The van der Waals surface area contributed by atoms with Gasteiger partial charge in [-0.05, 0) is 56.0 Å². The molecule has 0 N–H and O–H groups in total. The molecule has 156 valence electrons. The van der Waals surface area contributed by atoms with Crippen LogP contribution in [-0.2, 0) is 10.0 Å². The number of hydrogen-bond acceptors (Lipinski definition) is 3. The van der Waals surface area contributed by atoms with Gasteiger partial charge in [-0.25, -0.2) is 8.42 Å². The number of nitrogens with zero attached hydrogens (tertiary/aromatic N) is 2. The predicted octanol–water partition coefficient (Wildman–Crippen LogP) is 3.96. The van der Waals surface area contributed by atoms with Crippen molar-refractivity contribution in [2.24, 2.45) is 0 Å². The number of piperazine rings is 1. The van der Waals surface area contributed by atoms with Crippen LogP contribution >= 0.6 is 0 Å². The predicted molar refractivity (Wildman–Crippen MR) is 116 cm³/mol. The van der Waals surface area contributed by atoms with E-state index in [4.69, 9.17) is 0 Å². The number of sulfonamides is 1. The summed E-state index contributed by atoms with van der Waals surface area (Å²) in [6, 6.07) is 13.0. The summed E-state index contributed by atoms with van der Waals surface area (Å²) in [5.41, 5.74) is 3.92. The van der Waals surface area contributed by atoms with Gasteiger partial charge in [-0.3, -0.25) is 4.79 Å². The summed E-state index contributed by atoms with van der Waals surface area (Å²) >= 11 is 0. The molecule has 1 aliphatic rings. The lowest BCUT2D eigenvalue weighted by atomic mass is 9.99. The molecule has 1 aliphatic heterocycles. The van der Waals surface area contributed by atoms with E-state index in [0.717, 1.165) is 23.1 Å². The number of hydrogen-bond donors (Lipinski definition) is 0. The van der Waals surface area contributed by atoms with Gasteiger partial charge in [0.1, 0.15) is 0 Å². The fraction of sp³-hybridized carbons (Fsp3) is 0.435. The highest BCUT2D eigenvalue weighted by molar-refractivity contribution is 7.89. The van der Waals surface area contributed by atoms with Gasteiger partial charge >= 0.3 is 0 Å². The Kier molecular flexibility index (Phi) is 6.44.